The summed E-state index contributed by atoms with van der Waals surface area (Å²) in [7, 11) is 0. The quantitative estimate of drug-likeness (QED) is 0.463. The number of carbonyl (C=O) groups excluding carboxylic acids is 2. The van der Waals surface area contributed by atoms with Gasteiger partial charge in [-0.1, -0.05) is 41.4 Å². The van der Waals surface area contributed by atoms with Gasteiger partial charge in [-0.05, 0) is 49.7 Å². The molecule has 0 radical (unpaired) electrons. The molecule has 0 aromatic rings. The van der Waals surface area contributed by atoms with Crippen molar-refractivity contribution in [2.45, 2.75) is 61.7 Å². The van der Waals surface area contributed by atoms with Crippen molar-refractivity contribution in [3.8, 4) is 0 Å². The maximum absolute atomic E-state index is 12.5. The lowest BCUT2D eigenvalue weighted by Gasteiger charge is -2.64. The number of rotatable bonds is 2. The molecule has 0 aromatic carbocycles. The van der Waals surface area contributed by atoms with Crippen molar-refractivity contribution >= 4 is 27.5 Å². The number of hydrogen-bond acceptors (Lipinski definition) is 6. The summed E-state index contributed by atoms with van der Waals surface area (Å²) in [4.78, 5) is 24.4. The van der Waals surface area contributed by atoms with Crippen molar-refractivity contribution in [2.75, 3.05) is 6.61 Å². The van der Waals surface area contributed by atoms with Crippen LogP contribution in [0.25, 0.3) is 0 Å². The lowest BCUT2D eigenvalue weighted by atomic mass is 9.46. The van der Waals surface area contributed by atoms with E-state index in [-0.39, 0.29) is 30.5 Å². The molecule has 0 bridgehead atoms. The van der Waals surface area contributed by atoms with E-state index in [1.165, 1.54) is 6.08 Å². The van der Waals surface area contributed by atoms with Gasteiger partial charge in [-0.25, -0.2) is 0 Å². The van der Waals surface area contributed by atoms with E-state index in [9.17, 15) is 30.0 Å². The van der Waals surface area contributed by atoms with Crippen LogP contribution in [0.4, 0.5) is 0 Å². The highest BCUT2D eigenvalue weighted by Crippen LogP contribution is 2.70. The molecule has 3 fully saturated rings. The second-order valence-electron chi connectivity index (χ2n) is 9.36. The van der Waals surface area contributed by atoms with Crippen LogP contribution in [0.2, 0.25) is 0 Å². The summed E-state index contributed by atoms with van der Waals surface area (Å²) in [6.45, 7) is 2.89. The molecule has 0 amide bonds. The van der Waals surface area contributed by atoms with E-state index < -0.39 is 45.4 Å². The molecule has 4 N–H and O–H groups in total. The van der Waals surface area contributed by atoms with Crippen LogP contribution in [0.15, 0.2) is 23.8 Å². The monoisotopic (exact) mass is 454 g/mol. The molecule has 3 saturated carbocycles. The smallest absolute Gasteiger partial charge is 0.192 e. The first kappa shape index (κ1) is 20.4. The molecule has 0 heterocycles. The number of Topliss-reactive ketones (excluding diaryl/α,β-unsaturated/α-hetero) is 1. The summed E-state index contributed by atoms with van der Waals surface area (Å²) in [6.07, 6.45) is 4.48. The molecule has 0 aromatic heterocycles. The largest absolute Gasteiger partial charge is 0.392 e. The number of carbonyl (C=O) groups is 2. The normalized spacial score (nSPS) is 52.5. The summed E-state index contributed by atoms with van der Waals surface area (Å²) < 4.78 is -0.779. The Balaban J connectivity index is 1.84. The molecule has 4 aliphatic rings. The van der Waals surface area contributed by atoms with Crippen LogP contribution in [0.1, 0.15) is 39.5 Å². The number of allylic oxidation sites excluding steroid dienone is 4. The minimum Gasteiger partial charge on any atom is -0.392 e. The SMILES string of the molecule is C[C@]12C=CC(=O)C=C1CC[C@H]1[C@@H]3C[C@@H](O)[C@](O)(C(=O)CO)[C@@]3(C)CC(O)C12Br. The molecule has 0 aliphatic heterocycles. The van der Waals surface area contributed by atoms with Gasteiger partial charge < -0.3 is 20.4 Å². The van der Waals surface area contributed by atoms with Crippen LogP contribution in [0.5, 0.6) is 0 Å². The molecule has 0 saturated heterocycles. The number of aliphatic hydroxyl groups excluding tert-OH is 3. The lowest BCUT2D eigenvalue weighted by molar-refractivity contribution is -0.185. The second-order valence-corrected chi connectivity index (χ2v) is 10.7. The van der Waals surface area contributed by atoms with Gasteiger partial charge in [0.2, 0.25) is 0 Å². The van der Waals surface area contributed by atoms with E-state index in [1.807, 2.05) is 13.0 Å². The first-order valence-corrected chi connectivity index (χ1v) is 10.6. The molecule has 28 heavy (non-hydrogen) atoms. The van der Waals surface area contributed by atoms with Gasteiger partial charge in [-0.3, -0.25) is 9.59 Å². The predicted molar refractivity (Wildman–Crippen MR) is 105 cm³/mol. The number of ketones is 2. The third kappa shape index (κ3) is 2.12. The number of halogens is 1. The Morgan fingerprint density at radius 3 is 2.57 bits per heavy atom. The van der Waals surface area contributed by atoms with Crippen LogP contribution in [0, 0.1) is 22.7 Å². The second kappa shape index (κ2) is 6.08. The van der Waals surface area contributed by atoms with E-state index in [0.717, 1.165) is 5.57 Å². The average Bonchev–Trinajstić information content (AvgIpc) is 2.84. The van der Waals surface area contributed by atoms with Crippen LogP contribution in [-0.2, 0) is 9.59 Å². The average molecular weight is 455 g/mol. The van der Waals surface area contributed by atoms with Gasteiger partial charge in [-0.2, -0.15) is 0 Å². The van der Waals surface area contributed by atoms with Crippen LogP contribution < -0.4 is 0 Å². The minimum atomic E-state index is -2.09. The number of alkyl halides is 1. The van der Waals surface area contributed by atoms with Gasteiger partial charge in [0, 0.05) is 10.8 Å². The molecular weight excluding hydrogens is 428 g/mol. The molecule has 7 heteroatoms. The Hall–Kier alpha value is -0.860. The summed E-state index contributed by atoms with van der Waals surface area (Å²) in [5.41, 5.74) is -2.76. The van der Waals surface area contributed by atoms with Crippen molar-refractivity contribution < 1.29 is 30.0 Å². The van der Waals surface area contributed by atoms with Crippen LogP contribution in [0.3, 0.4) is 0 Å². The van der Waals surface area contributed by atoms with Gasteiger partial charge in [-0.15, -0.1) is 0 Å². The fourth-order valence-corrected chi connectivity index (χ4v) is 7.95. The van der Waals surface area contributed by atoms with Gasteiger partial charge in [0.25, 0.3) is 0 Å². The van der Waals surface area contributed by atoms with Crippen molar-refractivity contribution in [1.29, 1.82) is 0 Å². The molecule has 4 aliphatic carbocycles. The zero-order valence-corrected chi connectivity index (χ0v) is 17.6. The molecule has 4 rings (SSSR count). The zero-order chi connectivity index (χ0) is 20.7. The van der Waals surface area contributed by atoms with Crippen molar-refractivity contribution in [3.05, 3.63) is 23.8 Å². The topological polar surface area (TPSA) is 115 Å². The first-order valence-electron chi connectivity index (χ1n) is 9.82. The number of aliphatic hydroxyl groups is 4. The van der Waals surface area contributed by atoms with E-state index in [1.54, 1.807) is 13.0 Å². The Bertz CT molecular complexity index is 807. The zero-order valence-electron chi connectivity index (χ0n) is 16.1. The van der Waals surface area contributed by atoms with Gasteiger partial charge >= 0.3 is 0 Å². The Labute approximate surface area is 172 Å². The highest BCUT2D eigenvalue weighted by molar-refractivity contribution is 9.10. The Kier molecular flexibility index (Phi) is 4.43. The van der Waals surface area contributed by atoms with Gasteiger partial charge in [0.1, 0.15) is 6.61 Å². The fraction of sp³-hybridized carbons (Fsp3) is 0.714. The first-order chi connectivity index (χ1) is 13.0. The minimum absolute atomic E-state index is 0.0589. The van der Waals surface area contributed by atoms with Crippen LogP contribution >= 0.6 is 15.9 Å². The molecular formula is C21H27BrO6. The van der Waals surface area contributed by atoms with Gasteiger partial charge in [0.15, 0.2) is 17.2 Å². The Morgan fingerprint density at radius 2 is 1.93 bits per heavy atom. The Morgan fingerprint density at radius 1 is 1.25 bits per heavy atom. The number of hydrogen-bond donors (Lipinski definition) is 4. The summed E-state index contributed by atoms with van der Waals surface area (Å²) in [5.74, 6) is -1.21. The molecule has 8 atom stereocenters. The fourth-order valence-electron chi connectivity index (χ4n) is 6.85. The van der Waals surface area contributed by atoms with Crippen LogP contribution in [-0.4, -0.2) is 60.7 Å². The van der Waals surface area contributed by atoms with E-state index >= 15 is 0 Å². The third-order valence-corrected chi connectivity index (χ3v) is 10.4. The molecule has 2 unspecified atom stereocenters. The highest BCUT2D eigenvalue weighted by atomic mass is 79.9. The van der Waals surface area contributed by atoms with E-state index in [0.29, 0.717) is 12.8 Å². The maximum Gasteiger partial charge on any atom is 0.192 e. The van der Waals surface area contributed by atoms with Crippen molar-refractivity contribution in [2.24, 2.45) is 22.7 Å². The van der Waals surface area contributed by atoms with Gasteiger partial charge in [0.05, 0.1) is 16.5 Å². The lowest BCUT2D eigenvalue weighted by Crippen LogP contribution is -2.69. The van der Waals surface area contributed by atoms with E-state index in [4.69, 9.17) is 0 Å². The maximum atomic E-state index is 12.5. The highest BCUT2D eigenvalue weighted by Gasteiger charge is 2.75. The van der Waals surface area contributed by atoms with Crippen molar-refractivity contribution in [1.82, 2.24) is 0 Å². The molecule has 0 spiro atoms. The summed E-state index contributed by atoms with van der Waals surface area (Å²) in [6, 6.07) is 0. The third-order valence-electron chi connectivity index (χ3n) is 8.43. The summed E-state index contributed by atoms with van der Waals surface area (Å²) >= 11 is 3.88. The van der Waals surface area contributed by atoms with E-state index in [2.05, 4.69) is 15.9 Å². The molecule has 6 nitrogen and oxygen atoms in total. The van der Waals surface area contributed by atoms with Crippen molar-refractivity contribution in [3.63, 3.8) is 0 Å². The summed E-state index contributed by atoms with van der Waals surface area (Å²) in [5, 5.41) is 42.7. The molecule has 154 valence electrons. The standard InChI is InChI=1S/C21H27BrO6/c1-18-6-5-12(24)7-11(18)3-4-13-14-8-15(25)21(28,17(27)10-23)19(14,2)9-16(26)20(13,18)22/h5-7,13-16,23,25-26,28H,3-4,8-10H2,1-2H3/t13-,14-,15+,16?,18-,19-,20?,21-/m0/s1. The predicted octanol–water partition coefficient (Wildman–Crippen LogP) is 1.05. The number of fused-ring (bicyclic) bond motifs is 5.